The first kappa shape index (κ1) is 18.0. The molecule has 0 fully saturated rings. The van der Waals surface area contributed by atoms with Gasteiger partial charge in [-0.1, -0.05) is 37.3 Å². The molecule has 2 aromatic rings. The van der Waals surface area contributed by atoms with Gasteiger partial charge in [0.15, 0.2) is 0 Å². The number of allylic oxidation sites excluding steroid dienone is 1. The lowest BCUT2D eigenvalue weighted by Gasteiger charge is -2.41. The highest BCUT2D eigenvalue weighted by Crippen LogP contribution is 2.39. The van der Waals surface area contributed by atoms with Gasteiger partial charge in [-0.25, -0.2) is 4.79 Å². The minimum absolute atomic E-state index is 0.0881. The number of hydrogen-bond donors (Lipinski definition) is 1. The van der Waals surface area contributed by atoms with Crippen molar-refractivity contribution in [2.75, 3.05) is 19.1 Å². The van der Waals surface area contributed by atoms with Crippen molar-refractivity contribution in [1.29, 1.82) is 0 Å². The molecule has 1 N–H and O–H groups in total. The van der Waals surface area contributed by atoms with Crippen molar-refractivity contribution < 1.29 is 19.4 Å². The smallest absolute Gasteiger partial charge is 0.354 e. The molecule has 1 aliphatic rings. The summed E-state index contributed by atoms with van der Waals surface area (Å²) in [5.74, 6) is 0.0227. The molecule has 0 aliphatic carbocycles. The van der Waals surface area contributed by atoms with E-state index >= 15 is 0 Å². The molecule has 0 radical (unpaired) electrons. The quantitative estimate of drug-likeness (QED) is 0.855. The zero-order valence-electron chi connectivity index (χ0n) is 15.1. The van der Waals surface area contributed by atoms with Crippen molar-refractivity contribution in [2.24, 2.45) is 5.92 Å². The number of ether oxygens (including phenoxy) is 2. The van der Waals surface area contributed by atoms with E-state index in [1.54, 1.807) is 24.1 Å². The Kier molecular flexibility index (Phi) is 5.28. The van der Waals surface area contributed by atoms with Gasteiger partial charge < -0.3 is 19.5 Å². The van der Waals surface area contributed by atoms with Crippen LogP contribution >= 0.6 is 0 Å². The number of aliphatic hydroxyl groups is 1. The Morgan fingerprint density at radius 1 is 1.04 bits per heavy atom. The maximum atomic E-state index is 12.4. The second-order valence-corrected chi connectivity index (χ2v) is 6.32. The summed E-state index contributed by atoms with van der Waals surface area (Å²) >= 11 is 0. The maximum absolute atomic E-state index is 12.4. The van der Waals surface area contributed by atoms with Gasteiger partial charge in [-0.05, 0) is 35.9 Å². The van der Waals surface area contributed by atoms with Crippen LogP contribution in [0.4, 0.5) is 5.69 Å². The van der Waals surface area contributed by atoms with Gasteiger partial charge in [-0.2, -0.15) is 0 Å². The van der Waals surface area contributed by atoms with Crippen LogP contribution in [0.5, 0.6) is 5.75 Å². The first-order valence-corrected chi connectivity index (χ1v) is 8.53. The van der Waals surface area contributed by atoms with Crippen molar-refractivity contribution in [1.82, 2.24) is 0 Å². The second-order valence-electron chi connectivity index (χ2n) is 6.32. The molecule has 0 saturated carbocycles. The fourth-order valence-electron chi connectivity index (χ4n) is 3.35. The summed E-state index contributed by atoms with van der Waals surface area (Å²) in [5.41, 5.74) is 2.08. The first-order valence-electron chi connectivity index (χ1n) is 8.53. The van der Waals surface area contributed by atoms with Crippen molar-refractivity contribution in [2.45, 2.75) is 19.1 Å². The lowest BCUT2D eigenvalue weighted by Crippen LogP contribution is -2.46. The van der Waals surface area contributed by atoms with Gasteiger partial charge in [0.1, 0.15) is 17.7 Å². The zero-order chi connectivity index (χ0) is 18.7. The minimum atomic E-state index is -0.868. The molecule has 0 bridgehead atoms. The Balaban J connectivity index is 2.06. The van der Waals surface area contributed by atoms with E-state index in [9.17, 15) is 9.90 Å². The number of anilines is 1. The van der Waals surface area contributed by atoms with Gasteiger partial charge in [-0.15, -0.1) is 0 Å². The first-order chi connectivity index (χ1) is 12.6. The molecule has 1 aliphatic heterocycles. The van der Waals surface area contributed by atoms with Crippen LogP contribution in [0.3, 0.4) is 0 Å². The van der Waals surface area contributed by atoms with E-state index in [0.717, 1.165) is 5.56 Å². The number of benzene rings is 2. The van der Waals surface area contributed by atoms with Crippen molar-refractivity contribution >= 4 is 11.7 Å². The van der Waals surface area contributed by atoms with Crippen molar-refractivity contribution in [3.05, 3.63) is 71.9 Å². The minimum Gasteiger partial charge on any atom is -0.497 e. The largest absolute Gasteiger partial charge is 0.497 e. The number of carbonyl (C=O) groups excluding carboxylic acids is 1. The van der Waals surface area contributed by atoms with Crippen LogP contribution in [0.15, 0.2) is 66.4 Å². The van der Waals surface area contributed by atoms with E-state index in [2.05, 4.69) is 0 Å². The molecule has 0 spiro atoms. The molecule has 0 aromatic heterocycles. The lowest BCUT2D eigenvalue weighted by molar-refractivity contribution is -0.136. The van der Waals surface area contributed by atoms with Crippen LogP contribution < -0.4 is 9.64 Å². The third kappa shape index (κ3) is 3.30. The summed E-state index contributed by atoms with van der Waals surface area (Å²) in [6, 6.07) is 17.1. The highest BCUT2D eigenvalue weighted by atomic mass is 16.5. The zero-order valence-corrected chi connectivity index (χ0v) is 15.1. The van der Waals surface area contributed by atoms with Crippen LogP contribution in [0.25, 0.3) is 0 Å². The number of aliphatic hydroxyl groups excluding tert-OH is 1. The van der Waals surface area contributed by atoms with Gasteiger partial charge in [0, 0.05) is 17.5 Å². The summed E-state index contributed by atoms with van der Waals surface area (Å²) < 4.78 is 10.2. The van der Waals surface area contributed by atoms with Crippen molar-refractivity contribution in [3.8, 4) is 5.75 Å². The maximum Gasteiger partial charge on any atom is 0.354 e. The van der Waals surface area contributed by atoms with Crippen molar-refractivity contribution in [3.63, 3.8) is 0 Å². The van der Waals surface area contributed by atoms with E-state index < -0.39 is 12.2 Å². The Morgan fingerprint density at radius 3 is 2.27 bits per heavy atom. The molecule has 136 valence electrons. The van der Waals surface area contributed by atoms with E-state index in [4.69, 9.17) is 9.47 Å². The molecule has 26 heavy (non-hydrogen) atoms. The molecule has 5 nitrogen and oxygen atoms in total. The van der Waals surface area contributed by atoms with E-state index in [0.29, 0.717) is 17.1 Å². The summed E-state index contributed by atoms with van der Waals surface area (Å²) in [7, 11) is 2.94. The fourth-order valence-corrected chi connectivity index (χ4v) is 3.35. The second kappa shape index (κ2) is 7.62. The average molecular weight is 353 g/mol. The SMILES string of the molecule is COC(=O)C1=C[C@H](c2ccccc2)[C@@H](C)[C@@H](O)N1c1ccc(OC)cc1. The van der Waals surface area contributed by atoms with Crippen LogP contribution in [0.2, 0.25) is 0 Å². The summed E-state index contributed by atoms with van der Waals surface area (Å²) in [6.07, 6.45) is 1.01. The molecule has 3 atom stereocenters. The number of nitrogens with zero attached hydrogens (tertiary/aromatic N) is 1. The van der Waals surface area contributed by atoms with Crippen LogP contribution in [-0.2, 0) is 9.53 Å². The van der Waals surface area contributed by atoms with Gasteiger partial charge in [0.2, 0.25) is 0 Å². The summed E-state index contributed by atoms with van der Waals surface area (Å²) in [6.45, 7) is 1.98. The highest BCUT2D eigenvalue weighted by molar-refractivity contribution is 5.93. The van der Waals surface area contributed by atoms with Gasteiger partial charge in [-0.3, -0.25) is 0 Å². The summed E-state index contributed by atoms with van der Waals surface area (Å²) in [4.78, 5) is 14.1. The molecular weight excluding hydrogens is 330 g/mol. The van der Waals surface area contributed by atoms with Gasteiger partial charge >= 0.3 is 5.97 Å². The normalized spacial score (nSPS) is 22.5. The third-order valence-electron chi connectivity index (χ3n) is 4.83. The molecule has 0 saturated heterocycles. The van der Waals surface area contributed by atoms with Gasteiger partial charge in [0.05, 0.1) is 14.2 Å². The van der Waals surface area contributed by atoms with E-state index in [1.807, 2.05) is 55.5 Å². The van der Waals surface area contributed by atoms with E-state index in [1.165, 1.54) is 7.11 Å². The Morgan fingerprint density at radius 2 is 1.69 bits per heavy atom. The predicted octanol–water partition coefficient (Wildman–Crippen LogP) is 3.31. The molecule has 0 unspecified atom stereocenters. The van der Waals surface area contributed by atoms with Gasteiger partial charge in [0.25, 0.3) is 0 Å². The molecular formula is C21H23NO4. The molecule has 3 rings (SSSR count). The number of rotatable bonds is 4. The Bertz CT molecular complexity index is 785. The van der Waals surface area contributed by atoms with Crippen LogP contribution in [0, 0.1) is 5.92 Å². The molecule has 5 heteroatoms. The number of esters is 1. The molecule has 1 heterocycles. The predicted molar refractivity (Wildman–Crippen MR) is 99.9 cm³/mol. The third-order valence-corrected chi connectivity index (χ3v) is 4.83. The monoisotopic (exact) mass is 353 g/mol. The van der Waals surface area contributed by atoms with Crippen LogP contribution in [-0.4, -0.2) is 31.5 Å². The standard InChI is InChI=1S/C21H23NO4/c1-14-18(15-7-5-4-6-8-15)13-19(21(24)26-3)22(20(14)23)16-9-11-17(25-2)12-10-16/h4-14,18,20,23H,1-3H3/t14-,18+,20-/m1/s1. The molecule has 0 amide bonds. The number of methoxy groups -OCH3 is 2. The highest BCUT2D eigenvalue weighted by Gasteiger charge is 2.38. The number of hydrogen-bond acceptors (Lipinski definition) is 5. The van der Waals surface area contributed by atoms with Crippen LogP contribution in [0.1, 0.15) is 18.4 Å². The average Bonchev–Trinajstić information content (AvgIpc) is 2.70. The fraction of sp³-hybridized carbons (Fsp3) is 0.286. The number of carbonyl (C=O) groups is 1. The summed E-state index contributed by atoms with van der Waals surface area (Å²) in [5, 5.41) is 11.0. The Labute approximate surface area is 153 Å². The lowest BCUT2D eigenvalue weighted by atomic mass is 9.82. The molecule has 2 aromatic carbocycles. The Hall–Kier alpha value is -2.79. The van der Waals surface area contributed by atoms with E-state index in [-0.39, 0.29) is 11.8 Å². The topological polar surface area (TPSA) is 59.0 Å².